The Kier molecular flexibility index (Phi) is 4.13. The number of aromatic nitrogens is 4. The number of nitrogens with zero attached hydrogens (tertiary/aromatic N) is 3. The molecule has 1 amide bonds. The number of amides is 1. The normalized spacial score (nSPS) is 10.1. The fourth-order valence-corrected chi connectivity index (χ4v) is 2.12. The number of H-pyrrole nitrogens is 2. The molecule has 2 aromatic rings. The summed E-state index contributed by atoms with van der Waals surface area (Å²) >= 11 is 0. The molecule has 8 heteroatoms. The molecule has 0 spiro atoms. The van der Waals surface area contributed by atoms with Gasteiger partial charge in [-0.3, -0.25) is 14.9 Å². The predicted octanol–water partition coefficient (Wildman–Crippen LogP) is 0.553. The van der Waals surface area contributed by atoms with Crippen molar-refractivity contribution in [2.45, 2.75) is 26.7 Å². The summed E-state index contributed by atoms with van der Waals surface area (Å²) in [5.41, 5.74) is 1.78. The van der Waals surface area contributed by atoms with Crippen LogP contribution >= 0.6 is 0 Å². The number of rotatable bonds is 4. The van der Waals surface area contributed by atoms with E-state index in [0.717, 1.165) is 5.56 Å². The fraction of sp³-hybridized carbons (Fsp3) is 0.308. The van der Waals surface area contributed by atoms with Gasteiger partial charge in [-0.2, -0.15) is 15.3 Å². The van der Waals surface area contributed by atoms with Crippen molar-refractivity contribution in [3.05, 3.63) is 39.1 Å². The molecule has 0 radical (unpaired) electrons. The number of pyridine rings is 1. The minimum Gasteiger partial charge on any atom is -0.325 e. The Morgan fingerprint density at radius 2 is 2.24 bits per heavy atom. The van der Waals surface area contributed by atoms with Crippen molar-refractivity contribution < 1.29 is 4.79 Å². The van der Waals surface area contributed by atoms with Gasteiger partial charge >= 0.3 is 0 Å². The molecule has 0 aliphatic heterocycles. The first kappa shape index (κ1) is 14.5. The molecular formula is C13H14N6O2. The van der Waals surface area contributed by atoms with Gasteiger partial charge in [-0.05, 0) is 31.4 Å². The molecule has 108 valence electrons. The lowest BCUT2D eigenvalue weighted by atomic mass is 9.99. The number of nitriles is 1. The zero-order valence-corrected chi connectivity index (χ0v) is 11.6. The third-order valence-corrected chi connectivity index (χ3v) is 3.20. The van der Waals surface area contributed by atoms with Crippen LogP contribution in [-0.2, 0) is 11.2 Å². The van der Waals surface area contributed by atoms with E-state index in [9.17, 15) is 9.59 Å². The summed E-state index contributed by atoms with van der Waals surface area (Å²) < 4.78 is 0. The Bertz CT molecular complexity index is 754. The van der Waals surface area contributed by atoms with E-state index in [1.54, 1.807) is 13.8 Å². The minimum atomic E-state index is -0.401. The second kappa shape index (κ2) is 6.00. The second-order valence-corrected chi connectivity index (χ2v) is 4.55. The molecular weight excluding hydrogens is 272 g/mol. The zero-order valence-electron chi connectivity index (χ0n) is 11.6. The molecule has 8 nitrogen and oxygen atoms in total. The van der Waals surface area contributed by atoms with E-state index in [1.807, 2.05) is 6.07 Å². The SMILES string of the molecule is Cc1[nH]c(=O)c(C#N)c(C)c1CCC(=O)Nc1ncn[nH]1. The van der Waals surface area contributed by atoms with Gasteiger partial charge in [0.05, 0.1) is 0 Å². The third-order valence-electron chi connectivity index (χ3n) is 3.20. The van der Waals surface area contributed by atoms with Crippen LogP contribution in [0.15, 0.2) is 11.1 Å². The van der Waals surface area contributed by atoms with Crippen LogP contribution in [0.3, 0.4) is 0 Å². The average molecular weight is 286 g/mol. The molecule has 0 aliphatic carbocycles. The Morgan fingerprint density at radius 3 is 2.86 bits per heavy atom. The molecule has 0 saturated heterocycles. The highest BCUT2D eigenvalue weighted by molar-refractivity contribution is 5.89. The van der Waals surface area contributed by atoms with Crippen molar-refractivity contribution in [1.29, 1.82) is 5.26 Å². The van der Waals surface area contributed by atoms with Crippen molar-refractivity contribution in [3.8, 4) is 6.07 Å². The van der Waals surface area contributed by atoms with Gasteiger partial charge in [-0.25, -0.2) is 5.10 Å². The third kappa shape index (κ3) is 3.14. The molecule has 0 aliphatic rings. The van der Waals surface area contributed by atoms with Crippen LogP contribution < -0.4 is 10.9 Å². The van der Waals surface area contributed by atoms with Crippen LogP contribution in [0.5, 0.6) is 0 Å². The van der Waals surface area contributed by atoms with Gasteiger partial charge in [0, 0.05) is 12.1 Å². The first-order valence-corrected chi connectivity index (χ1v) is 6.30. The molecule has 0 atom stereocenters. The van der Waals surface area contributed by atoms with Crippen molar-refractivity contribution in [2.75, 3.05) is 5.32 Å². The summed E-state index contributed by atoms with van der Waals surface area (Å²) in [6.45, 7) is 3.46. The van der Waals surface area contributed by atoms with Crippen molar-refractivity contribution >= 4 is 11.9 Å². The van der Waals surface area contributed by atoms with Gasteiger partial charge in [0.2, 0.25) is 11.9 Å². The molecule has 0 bridgehead atoms. The Balaban J connectivity index is 2.12. The van der Waals surface area contributed by atoms with Gasteiger partial charge in [-0.15, -0.1) is 0 Å². The predicted molar refractivity (Wildman–Crippen MR) is 74.6 cm³/mol. The molecule has 0 fully saturated rings. The van der Waals surface area contributed by atoms with Crippen LogP contribution in [0.2, 0.25) is 0 Å². The molecule has 2 rings (SSSR count). The molecule has 0 unspecified atom stereocenters. The number of carbonyl (C=O) groups is 1. The summed E-state index contributed by atoms with van der Waals surface area (Å²) in [4.78, 5) is 29.8. The van der Waals surface area contributed by atoms with Crippen molar-refractivity contribution in [3.63, 3.8) is 0 Å². The van der Waals surface area contributed by atoms with Gasteiger partial charge in [-0.1, -0.05) is 0 Å². The van der Waals surface area contributed by atoms with Crippen LogP contribution in [0, 0.1) is 25.2 Å². The summed E-state index contributed by atoms with van der Waals surface area (Å²) in [6, 6.07) is 1.89. The van der Waals surface area contributed by atoms with E-state index >= 15 is 0 Å². The number of anilines is 1. The maximum atomic E-state index is 11.8. The first-order valence-electron chi connectivity index (χ1n) is 6.30. The van der Waals surface area contributed by atoms with E-state index in [1.165, 1.54) is 6.33 Å². The second-order valence-electron chi connectivity index (χ2n) is 4.55. The average Bonchev–Trinajstić information content (AvgIpc) is 2.91. The van der Waals surface area contributed by atoms with E-state index in [-0.39, 0.29) is 23.8 Å². The number of carbonyl (C=O) groups excluding carboxylic acids is 1. The van der Waals surface area contributed by atoms with Crippen molar-refractivity contribution in [2.24, 2.45) is 0 Å². The Labute approximate surface area is 120 Å². The lowest BCUT2D eigenvalue weighted by molar-refractivity contribution is -0.116. The molecule has 21 heavy (non-hydrogen) atoms. The molecule has 2 aromatic heterocycles. The summed E-state index contributed by atoms with van der Waals surface area (Å²) in [7, 11) is 0. The van der Waals surface area contributed by atoms with Crippen LogP contribution in [0.1, 0.15) is 28.8 Å². The smallest absolute Gasteiger partial charge is 0.266 e. The number of aryl methyl sites for hydroxylation is 1. The first-order chi connectivity index (χ1) is 10.0. The van der Waals surface area contributed by atoms with E-state index < -0.39 is 5.56 Å². The topological polar surface area (TPSA) is 127 Å². The largest absolute Gasteiger partial charge is 0.325 e. The zero-order chi connectivity index (χ0) is 15.4. The van der Waals surface area contributed by atoms with Gasteiger partial charge in [0.25, 0.3) is 5.56 Å². The van der Waals surface area contributed by atoms with Gasteiger partial charge < -0.3 is 4.98 Å². The number of hydrogen-bond acceptors (Lipinski definition) is 5. The highest BCUT2D eigenvalue weighted by atomic mass is 16.1. The molecule has 0 aromatic carbocycles. The summed E-state index contributed by atoms with van der Waals surface area (Å²) in [6.07, 6.45) is 1.92. The maximum absolute atomic E-state index is 11.8. The molecule has 2 heterocycles. The lowest BCUT2D eigenvalue weighted by Gasteiger charge is -2.10. The van der Waals surface area contributed by atoms with Crippen LogP contribution in [0.25, 0.3) is 0 Å². The number of nitrogens with one attached hydrogen (secondary N) is 3. The maximum Gasteiger partial charge on any atom is 0.266 e. The Hall–Kier alpha value is -2.95. The minimum absolute atomic E-state index is 0.0891. The van der Waals surface area contributed by atoms with Crippen LogP contribution in [-0.4, -0.2) is 26.1 Å². The van der Waals surface area contributed by atoms with Gasteiger partial charge in [0.1, 0.15) is 18.0 Å². The molecule has 3 N–H and O–H groups in total. The van der Waals surface area contributed by atoms with Crippen molar-refractivity contribution in [1.82, 2.24) is 20.2 Å². The van der Waals surface area contributed by atoms with Crippen LogP contribution in [0.4, 0.5) is 5.95 Å². The van der Waals surface area contributed by atoms with E-state index in [4.69, 9.17) is 5.26 Å². The molecule has 0 saturated carbocycles. The Morgan fingerprint density at radius 1 is 1.48 bits per heavy atom. The lowest BCUT2D eigenvalue weighted by Crippen LogP contribution is -2.18. The number of aromatic amines is 2. The van der Waals surface area contributed by atoms with Gasteiger partial charge in [0.15, 0.2) is 0 Å². The summed E-state index contributed by atoms with van der Waals surface area (Å²) in [5.74, 6) is 0.0582. The summed E-state index contributed by atoms with van der Waals surface area (Å²) in [5, 5.41) is 17.7. The number of hydrogen-bond donors (Lipinski definition) is 3. The fourth-order valence-electron chi connectivity index (χ4n) is 2.12. The monoisotopic (exact) mass is 286 g/mol. The highest BCUT2D eigenvalue weighted by Gasteiger charge is 2.13. The quantitative estimate of drug-likeness (QED) is 0.756. The van der Waals surface area contributed by atoms with E-state index in [0.29, 0.717) is 17.7 Å². The standard InChI is InChI=1S/C13H14N6O2/c1-7-9(8(2)17-12(21)10(7)5-14)3-4-11(20)18-13-15-6-16-19-13/h6H,3-4H2,1-2H3,(H,17,21)(H2,15,16,18,19,20). The highest BCUT2D eigenvalue weighted by Crippen LogP contribution is 2.15. The van der Waals surface area contributed by atoms with E-state index in [2.05, 4.69) is 25.5 Å².